The van der Waals surface area contributed by atoms with Gasteiger partial charge in [-0.25, -0.2) is 0 Å². The number of rotatable bonds is 5. The van der Waals surface area contributed by atoms with Crippen molar-refractivity contribution < 1.29 is 9.47 Å². The van der Waals surface area contributed by atoms with Crippen LogP contribution in [0.4, 0.5) is 5.69 Å². The van der Waals surface area contributed by atoms with Crippen LogP contribution in [-0.4, -0.2) is 34.7 Å². The van der Waals surface area contributed by atoms with Crippen molar-refractivity contribution in [1.82, 2.24) is 10.2 Å². The SMILES string of the molecule is COc1cc(OC)cc([C@]2([SiH3])CCc3c(-c4ccccc4N=O)n[nH]c3C2)c1. The molecule has 7 heteroatoms. The lowest BCUT2D eigenvalue weighted by atomic mass is 9.80. The van der Waals surface area contributed by atoms with Crippen molar-refractivity contribution in [2.45, 2.75) is 24.3 Å². The zero-order chi connectivity index (χ0) is 19.7. The molecule has 1 aliphatic rings. The maximum Gasteiger partial charge on any atom is 0.122 e. The summed E-state index contributed by atoms with van der Waals surface area (Å²) in [6.07, 6.45) is 2.80. The number of ether oxygens (including phenoxy) is 2. The number of nitroso groups, excluding NO2 is 1. The molecule has 0 bridgehead atoms. The fourth-order valence-electron chi connectivity index (χ4n) is 4.07. The first kappa shape index (κ1) is 18.4. The largest absolute Gasteiger partial charge is 0.497 e. The molecule has 28 heavy (non-hydrogen) atoms. The quantitative estimate of drug-likeness (QED) is 0.533. The maximum atomic E-state index is 11.2. The summed E-state index contributed by atoms with van der Waals surface area (Å²) in [5.74, 6) is 1.62. The van der Waals surface area contributed by atoms with Gasteiger partial charge in [-0.05, 0) is 53.2 Å². The predicted octanol–water partition coefficient (Wildman–Crippen LogP) is 3.24. The number of hydrogen-bond acceptors (Lipinski definition) is 5. The Balaban J connectivity index is 1.72. The molecule has 1 atom stereocenters. The summed E-state index contributed by atoms with van der Waals surface area (Å²) in [6, 6.07) is 13.5. The third-order valence-electron chi connectivity index (χ3n) is 5.75. The third-order valence-corrected chi connectivity index (χ3v) is 7.18. The lowest BCUT2D eigenvalue weighted by Gasteiger charge is -2.34. The topological polar surface area (TPSA) is 76.6 Å². The van der Waals surface area contributed by atoms with E-state index in [1.807, 2.05) is 24.3 Å². The van der Waals surface area contributed by atoms with Gasteiger partial charge >= 0.3 is 0 Å². The van der Waals surface area contributed by atoms with Crippen molar-refractivity contribution in [3.05, 3.63) is 64.2 Å². The van der Waals surface area contributed by atoms with Gasteiger partial charge in [0.15, 0.2) is 0 Å². The Morgan fingerprint density at radius 2 is 1.86 bits per heavy atom. The normalized spacial score (nSPS) is 18.5. The number of fused-ring (bicyclic) bond motifs is 1. The second-order valence-electron chi connectivity index (χ2n) is 7.48. The molecule has 144 valence electrons. The molecular formula is C21H23N3O3Si. The first-order valence-electron chi connectivity index (χ1n) is 9.30. The molecule has 0 unspecified atom stereocenters. The van der Waals surface area contributed by atoms with E-state index in [1.165, 1.54) is 11.1 Å². The van der Waals surface area contributed by atoms with Crippen LogP contribution in [0.15, 0.2) is 47.6 Å². The number of nitrogens with zero attached hydrogens (tertiary/aromatic N) is 2. The Bertz CT molecular complexity index is 1010. The van der Waals surface area contributed by atoms with Gasteiger partial charge in [-0.15, -0.1) is 4.91 Å². The van der Waals surface area contributed by atoms with Crippen molar-refractivity contribution in [2.24, 2.45) is 5.18 Å². The van der Waals surface area contributed by atoms with Crippen LogP contribution in [-0.2, 0) is 17.9 Å². The van der Waals surface area contributed by atoms with Crippen molar-refractivity contribution in [1.29, 1.82) is 0 Å². The highest BCUT2D eigenvalue weighted by Gasteiger charge is 2.35. The Hall–Kier alpha value is -2.93. The van der Waals surface area contributed by atoms with Crippen LogP contribution in [0.2, 0.25) is 0 Å². The summed E-state index contributed by atoms with van der Waals surface area (Å²) in [5, 5.41) is 11.0. The van der Waals surface area contributed by atoms with Crippen LogP contribution >= 0.6 is 0 Å². The van der Waals surface area contributed by atoms with Gasteiger partial charge in [0, 0.05) is 33.1 Å². The number of aromatic amines is 1. The van der Waals surface area contributed by atoms with E-state index in [2.05, 4.69) is 27.5 Å². The van der Waals surface area contributed by atoms with Gasteiger partial charge in [0.2, 0.25) is 0 Å². The molecule has 1 N–H and O–H groups in total. The van der Waals surface area contributed by atoms with Gasteiger partial charge in [0.05, 0.1) is 19.9 Å². The number of methoxy groups -OCH3 is 2. The molecule has 0 saturated carbocycles. The molecule has 0 spiro atoms. The first-order valence-corrected chi connectivity index (χ1v) is 10.3. The zero-order valence-corrected chi connectivity index (χ0v) is 18.3. The summed E-state index contributed by atoms with van der Waals surface area (Å²) >= 11 is 0. The minimum atomic E-state index is 0.0705. The molecule has 1 aliphatic carbocycles. The summed E-state index contributed by atoms with van der Waals surface area (Å²) in [4.78, 5) is 11.2. The average molecular weight is 394 g/mol. The summed E-state index contributed by atoms with van der Waals surface area (Å²) in [5.41, 5.74) is 5.64. The van der Waals surface area contributed by atoms with Gasteiger partial charge in [0.25, 0.3) is 0 Å². The number of hydrogen-bond donors (Lipinski definition) is 1. The number of nitrogens with one attached hydrogen (secondary N) is 1. The lowest BCUT2D eigenvalue weighted by Crippen LogP contribution is -2.34. The average Bonchev–Trinajstić information content (AvgIpc) is 3.15. The Kier molecular flexibility index (Phi) is 4.76. The molecular weight excluding hydrogens is 370 g/mol. The predicted molar refractivity (Wildman–Crippen MR) is 113 cm³/mol. The van der Waals surface area contributed by atoms with E-state index in [4.69, 9.17) is 9.47 Å². The number of H-pyrrole nitrogens is 1. The molecule has 4 rings (SSSR count). The molecule has 2 aromatic carbocycles. The minimum absolute atomic E-state index is 0.0705. The van der Waals surface area contributed by atoms with E-state index in [0.717, 1.165) is 58.0 Å². The highest BCUT2D eigenvalue weighted by molar-refractivity contribution is 6.16. The Labute approximate surface area is 166 Å². The molecule has 1 aromatic heterocycles. The lowest BCUT2D eigenvalue weighted by molar-refractivity contribution is 0.390. The highest BCUT2D eigenvalue weighted by Crippen LogP contribution is 2.42. The van der Waals surface area contributed by atoms with E-state index >= 15 is 0 Å². The van der Waals surface area contributed by atoms with Gasteiger partial charge in [-0.1, -0.05) is 18.2 Å². The highest BCUT2D eigenvalue weighted by atomic mass is 28.1. The van der Waals surface area contributed by atoms with E-state index < -0.39 is 0 Å². The fraction of sp³-hybridized carbons (Fsp3) is 0.286. The standard InChI is InChI=1S/C21H23N3O3Si/c1-26-14-9-13(10-15(11-14)27-2)21(28)8-7-17-19(12-21)22-23-20(17)16-5-3-4-6-18(16)24-25/h3-6,9-11H,7-8,12H2,1-2,28H3,(H,22,23)/t21-/m0/s1. The third kappa shape index (κ3) is 3.11. The van der Waals surface area contributed by atoms with Crippen LogP contribution in [0.3, 0.4) is 0 Å². The van der Waals surface area contributed by atoms with E-state index in [1.54, 1.807) is 20.3 Å². The molecule has 3 aromatic rings. The summed E-state index contributed by atoms with van der Waals surface area (Å²) in [6.45, 7) is 0. The van der Waals surface area contributed by atoms with E-state index in [9.17, 15) is 4.91 Å². The zero-order valence-electron chi connectivity index (χ0n) is 16.3. The van der Waals surface area contributed by atoms with Crippen molar-refractivity contribution in [3.8, 4) is 22.8 Å². The van der Waals surface area contributed by atoms with Crippen LogP contribution in [0.5, 0.6) is 11.5 Å². The van der Waals surface area contributed by atoms with Crippen LogP contribution < -0.4 is 9.47 Å². The number of benzene rings is 2. The van der Waals surface area contributed by atoms with Crippen LogP contribution in [0, 0.1) is 4.91 Å². The molecule has 0 amide bonds. The van der Waals surface area contributed by atoms with Crippen LogP contribution in [0.25, 0.3) is 11.3 Å². The number of aromatic nitrogens is 2. The smallest absolute Gasteiger partial charge is 0.122 e. The fourth-order valence-corrected chi connectivity index (χ4v) is 4.97. The molecule has 0 radical (unpaired) electrons. The van der Waals surface area contributed by atoms with Gasteiger partial charge in [-0.2, -0.15) is 5.10 Å². The summed E-state index contributed by atoms with van der Waals surface area (Å²) in [7, 11) is 4.34. The minimum Gasteiger partial charge on any atom is -0.497 e. The van der Waals surface area contributed by atoms with Gasteiger partial charge in [0.1, 0.15) is 17.2 Å². The van der Waals surface area contributed by atoms with Crippen molar-refractivity contribution in [2.75, 3.05) is 14.2 Å². The van der Waals surface area contributed by atoms with Crippen LogP contribution in [0.1, 0.15) is 23.2 Å². The van der Waals surface area contributed by atoms with Gasteiger partial charge in [-0.3, -0.25) is 5.10 Å². The molecule has 0 saturated heterocycles. The molecule has 0 fully saturated rings. The van der Waals surface area contributed by atoms with Gasteiger partial charge < -0.3 is 9.47 Å². The van der Waals surface area contributed by atoms with E-state index in [0.29, 0.717) is 5.69 Å². The Morgan fingerprint density at radius 3 is 2.54 bits per heavy atom. The Morgan fingerprint density at radius 1 is 1.14 bits per heavy atom. The molecule has 0 aliphatic heterocycles. The first-order chi connectivity index (χ1) is 13.6. The van der Waals surface area contributed by atoms with E-state index in [-0.39, 0.29) is 5.04 Å². The second kappa shape index (κ2) is 7.24. The monoisotopic (exact) mass is 393 g/mol. The van der Waals surface area contributed by atoms with Crippen molar-refractivity contribution >= 4 is 15.9 Å². The summed E-state index contributed by atoms with van der Waals surface area (Å²) < 4.78 is 10.9. The second-order valence-corrected chi connectivity index (χ2v) is 9.39. The maximum absolute atomic E-state index is 11.2. The molecule has 6 nitrogen and oxygen atoms in total. The molecule has 1 heterocycles. The van der Waals surface area contributed by atoms with Crippen molar-refractivity contribution in [3.63, 3.8) is 0 Å².